The molecule has 0 unspecified atom stereocenters. The fourth-order valence-corrected chi connectivity index (χ4v) is 2.07. The Hall–Kier alpha value is -1.32. The molecule has 0 heterocycles. The van der Waals surface area contributed by atoms with Gasteiger partial charge in [0.05, 0.1) is 5.02 Å². The predicted octanol–water partition coefficient (Wildman–Crippen LogP) is 3.92. The molecule has 0 aliphatic heterocycles. The first-order valence-electron chi connectivity index (χ1n) is 4.94. The fourth-order valence-electron chi connectivity index (χ4n) is 1.47. The summed E-state index contributed by atoms with van der Waals surface area (Å²) in [6.07, 6.45) is 0. The smallest absolute Gasteiger partial charge is 0.194 e. The lowest BCUT2D eigenvalue weighted by Crippen LogP contribution is -2.02. The highest BCUT2D eigenvalue weighted by Gasteiger charge is 2.12. The van der Waals surface area contributed by atoms with E-state index in [0.717, 1.165) is 0 Å². The summed E-state index contributed by atoms with van der Waals surface area (Å²) in [5.41, 5.74) is 7.32. The Morgan fingerprint density at radius 1 is 1.18 bits per heavy atom. The van der Waals surface area contributed by atoms with Crippen LogP contribution in [0.4, 0.5) is 5.69 Å². The number of carbonyl (C=O) groups excluding carboxylic acids is 1. The molecule has 0 aliphatic carbocycles. The first kappa shape index (κ1) is 12.1. The number of benzene rings is 2. The van der Waals surface area contributed by atoms with Gasteiger partial charge in [-0.25, -0.2) is 0 Å². The van der Waals surface area contributed by atoms with Crippen molar-refractivity contribution < 1.29 is 4.79 Å². The van der Waals surface area contributed by atoms with Crippen molar-refractivity contribution in [1.29, 1.82) is 0 Å². The maximum atomic E-state index is 12.2. The molecule has 0 bridgehead atoms. The quantitative estimate of drug-likeness (QED) is 0.675. The molecule has 0 spiro atoms. The number of ketones is 1. The second kappa shape index (κ2) is 4.90. The van der Waals surface area contributed by atoms with E-state index in [-0.39, 0.29) is 5.78 Å². The highest BCUT2D eigenvalue weighted by atomic mass is 79.9. The summed E-state index contributed by atoms with van der Waals surface area (Å²) in [6, 6.07) is 12.0. The average Bonchev–Trinajstić information content (AvgIpc) is 2.32. The van der Waals surface area contributed by atoms with Crippen molar-refractivity contribution >= 4 is 39.0 Å². The van der Waals surface area contributed by atoms with E-state index in [1.165, 1.54) is 0 Å². The molecule has 0 amide bonds. The topological polar surface area (TPSA) is 43.1 Å². The van der Waals surface area contributed by atoms with Crippen LogP contribution in [0.1, 0.15) is 15.9 Å². The van der Waals surface area contributed by atoms with Crippen LogP contribution >= 0.6 is 27.5 Å². The van der Waals surface area contributed by atoms with Crippen molar-refractivity contribution in [2.24, 2.45) is 0 Å². The molecule has 0 aliphatic rings. The SMILES string of the molecule is Nc1ccc(C(=O)c2ccccc2Cl)cc1Br. The molecular formula is C13H9BrClNO. The van der Waals surface area contributed by atoms with Crippen LogP contribution in [0.2, 0.25) is 5.02 Å². The number of hydrogen-bond acceptors (Lipinski definition) is 2. The molecule has 2 rings (SSSR count). The van der Waals surface area contributed by atoms with Crippen LogP contribution in [-0.4, -0.2) is 5.78 Å². The van der Waals surface area contributed by atoms with Crippen molar-refractivity contribution in [3.05, 3.63) is 63.1 Å². The minimum absolute atomic E-state index is 0.115. The van der Waals surface area contributed by atoms with Gasteiger partial charge in [-0.3, -0.25) is 4.79 Å². The lowest BCUT2D eigenvalue weighted by atomic mass is 10.0. The van der Waals surface area contributed by atoms with E-state index in [2.05, 4.69) is 15.9 Å². The minimum atomic E-state index is -0.115. The molecule has 0 aromatic heterocycles. The molecule has 2 N–H and O–H groups in total. The van der Waals surface area contributed by atoms with Crippen molar-refractivity contribution in [3.8, 4) is 0 Å². The van der Waals surface area contributed by atoms with Crippen LogP contribution in [0.25, 0.3) is 0 Å². The number of nitrogen functional groups attached to an aromatic ring is 1. The summed E-state index contributed by atoms with van der Waals surface area (Å²) in [5, 5.41) is 0.449. The number of halogens is 2. The van der Waals surface area contributed by atoms with E-state index in [1.807, 2.05) is 0 Å². The van der Waals surface area contributed by atoms with Crippen LogP contribution in [0, 0.1) is 0 Å². The number of carbonyl (C=O) groups is 1. The summed E-state index contributed by atoms with van der Waals surface area (Å²) in [5.74, 6) is -0.115. The lowest BCUT2D eigenvalue weighted by molar-refractivity contribution is 0.103. The summed E-state index contributed by atoms with van der Waals surface area (Å²) in [6.45, 7) is 0. The van der Waals surface area contributed by atoms with E-state index in [4.69, 9.17) is 17.3 Å². The summed E-state index contributed by atoms with van der Waals surface area (Å²) in [7, 11) is 0. The minimum Gasteiger partial charge on any atom is -0.398 e. The first-order valence-corrected chi connectivity index (χ1v) is 6.11. The molecule has 2 nitrogen and oxygen atoms in total. The Labute approximate surface area is 113 Å². The normalized spacial score (nSPS) is 10.2. The van der Waals surface area contributed by atoms with Gasteiger partial charge in [0.2, 0.25) is 0 Å². The van der Waals surface area contributed by atoms with Gasteiger partial charge in [-0.2, -0.15) is 0 Å². The fraction of sp³-hybridized carbons (Fsp3) is 0. The van der Waals surface area contributed by atoms with Gasteiger partial charge in [-0.05, 0) is 46.3 Å². The highest BCUT2D eigenvalue weighted by Crippen LogP contribution is 2.24. The van der Waals surface area contributed by atoms with Crippen molar-refractivity contribution in [2.75, 3.05) is 5.73 Å². The monoisotopic (exact) mass is 309 g/mol. The number of anilines is 1. The molecular weight excluding hydrogens is 302 g/mol. The molecule has 2 aromatic rings. The van der Waals surface area contributed by atoms with Crippen molar-refractivity contribution in [3.63, 3.8) is 0 Å². The molecule has 0 radical (unpaired) electrons. The zero-order valence-corrected chi connectivity index (χ0v) is 11.1. The highest BCUT2D eigenvalue weighted by molar-refractivity contribution is 9.10. The van der Waals surface area contributed by atoms with Crippen molar-refractivity contribution in [2.45, 2.75) is 0 Å². The van der Waals surface area contributed by atoms with Gasteiger partial charge < -0.3 is 5.73 Å². The Morgan fingerprint density at radius 3 is 2.53 bits per heavy atom. The molecule has 0 saturated heterocycles. The van der Waals surface area contributed by atoms with Gasteiger partial charge in [0, 0.05) is 21.3 Å². The van der Waals surface area contributed by atoms with Crippen molar-refractivity contribution in [1.82, 2.24) is 0 Å². The Bertz CT molecular complexity index is 583. The van der Waals surface area contributed by atoms with Gasteiger partial charge in [0.1, 0.15) is 0 Å². The first-order chi connectivity index (χ1) is 8.09. The molecule has 86 valence electrons. The van der Waals surface area contributed by atoms with Gasteiger partial charge >= 0.3 is 0 Å². The predicted molar refractivity (Wildman–Crippen MR) is 73.4 cm³/mol. The van der Waals surface area contributed by atoms with Crippen LogP contribution in [-0.2, 0) is 0 Å². The summed E-state index contributed by atoms with van der Waals surface area (Å²) >= 11 is 9.28. The molecule has 17 heavy (non-hydrogen) atoms. The molecule has 4 heteroatoms. The maximum Gasteiger partial charge on any atom is 0.194 e. The zero-order valence-electron chi connectivity index (χ0n) is 8.78. The van der Waals surface area contributed by atoms with Gasteiger partial charge in [0.15, 0.2) is 5.78 Å². The van der Waals surface area contributed by atoms with Gasteiger partial charge in [0.25, 0.3) is 0 Å². The largest absolute Gasteiger partial charge is 0.398 e. The van der Waals surface area contributed by atoms with Crippen LogP contribution < -0.4 is 5.73 Å². The zero-order chi connectivity index (χ0) is 12.4. The van der Waals surface area contributed by atoms with Gasteiger partial charge in [-0.15, -0.1) is 0 Å². The summed E-state index contributed by atoms with van der Waals surface area (Å²) < 4.78 is 0.704. The number of hydrogen-bond donors (Lipinski definition) is 1. The third-order valence-corrected chi connectivity index (χ3v) is 3.40. The Balaban J connectivity index is 2.44. The second-order valence-electron chi connectivity index (χ2n) is 3.55. The van der Waals surface area contributed by atoms with E-state index in [9.17, 15) is 4.79 Å². The lowest BCUT2D eigenvalue weighted by Gasteiger charge is -2.05. The van der Waals surface area contributed by atoms with Gasteiger partial charge in [-0.1, -0.05) is 23.7 Å². The molecule has 0 fully saturated rings. The van der Waals surface area contributed by atoms with E-state index in [0.29, 0.717) is 26.3 Å². The third-order valence-electron chi connectivity index (χ3n) is 2.38. The Kier molecular flexibility index (Phi) is 3.50. The molecule has 0 atom stereocenters. The van der Waals surface area contributed by atoms with E-state index >= 15 is 0 Å². The van der Waals surface area contributed by atoms with Crippen LogP contribution in [0.3, 0.4) is 0 Å². The average molecular weight is 311 g/mol. The van der Waals surface area contributed by atoms with Crippen LogP contribution in [0.15, 0.2) is 46.9 Å². The standard InChI is InChI=1S/C13H9BrClNO/c14-10-7-8(5-6-12(10)16)13(17)9-3-1-2-4-11(9)15/h1-7H,16H2. The second-order valence-corrected chi connectivity index (χ2v) is 4.81. The van der Waals surface area contributed by atoms with E-state index < -0.39 is 0 Å². The maximum absolute atomic E-state index is 12.2. The number of nitrogens with two attached hydrogens (primary N) is 1. The van der Waals surface area contributed by atoms with E-state index in [1.54, 1.807) is 42.5 Å². The number of rotatable bonds is 2. The molecule has 0 saturated carbocycles. The Morgan fingerprint density at radius 2 is 1.88 bits per heavy atom. The third kappa shape index (κ3) is 2.51. The summed E-state index contributed by atoms with van der Waals surface area (Å²) in [4.78, 5) is 12.2. The van der Waals surface area contributed by atoms with Crippen LogP contribution in [0.5, 0.6) is 0 Å². The molecule has 2 aromatic carbocycles.